The zero-order chi connectivity index (χ0) is 20.5. The van der Waals surface area contributed by atoms with Crippen molar-refractivity contribution in [2.45, 2.75) is 18.9 Å². The highest BCUT2D eigenvalue weighted by molar-refractivity contribution is 6.31. The van der Waals surface area contributed by atoms with E-state index in [9.17, 15) is 18.8 Å². The van der Waals surface area contributed by atoms with Crippen molar-refractivity contribution in [3.8, 4) is 0 Å². The second-order valence-corrected chi connectivity index (χ2v) is 7.13. The first kappa shape index (κ1) is 20.1. The number of amides is 4. The number of carbonyl (C=O) groups excluding carboxylic acids is 3. The van der Waals surface area contributed by atoms with E-state index in [-0.39, 0.29) is 17.1 Å². The lowest BCUT2D eigenvalue weighted by Gasteiger charge is -2.25. The average molecular weight is 424 g/mol. The van der Waals surface area contributed by atoms with Crippen LogP contribution in [0.2, 0.25) is 10.0 Å². The Morgan fingerprint density at radius 3 is 2.43 bits per heavy atom. The average Bonchev–Trinajstić information content (AvgIpc) is 2.90. The fourth-order valence-electron chi connectivity index (χ4n) is 3.07. The van der Waals surface area contributed by atoms with Gasteiger partial charge in [-0.25, -0.2) is 9.18 Å². The van der Waals surface area contributed by atoms with Crippen LogP contribution in [0, 0.1) is 5.82 Å². The zero-order valence-electron chi connectivity index (χ0n) is 14.8. The van der Waals surface area contributed by atoms with E-state index in [2.05, 4.69) is 10.6 Å². The third kappa shape index (κ3) is 3.68. The van der Waals surface area contributed by atoms with Crippen LogP contribution in [-0.2, 0) is 15.1 Å². The third-order valence-electron chi connectivity index (χ3n) is 4.55. The molecule has 1 unspecified atom stereocenters. The number of anilines is 1. The molecule has 0 saturated carbocycles. The summed E-state index contributed by atoms with van der Waals surface area (Å²) in [6.45, 7) is 1.18. The molecule has 28 heavy (non-hydrogen) atoms. The van der Waals surface area contributed by atoms with E-state index in [0.29, 0.717) is 10.6 Å². The molecule has 9 heteroatoms. The van der Waals surface area contributed by atoms with Gasteiger partial charge in [0.25, 0.3) is 5.91 Å². The number of rotatable bonds is 5. The number of nitrogens with zero attached hydrogens (tertiary/aromatic N) is 1. The van der Waals surface area contributed by atoms with Crippen molar-refractivity contribution in [3.63, 3.8) is 0 Å². The lowest BCUT2D eigenvalue weighted by molar-refractivity contribution is -0.134. The summed E-state index contributed by atoms with van der Waals surface area (Å²) in [5.74, 6) is -1.98. The molecule has 0 spiro atoms. The molecule has 2 N–H and O–H groups in total. The van der Waals surface area contributed by atoms with E-state index in [1.807, 2.05) is 0 Å². The minimum absolute atomic E-state index is 0.135. The fraction of sp³-hybridized carbons (Fsp3) is 0.211. The van der Waals surface area contributed by atoms with Gasteiger partial charge in [0.1, 0.15) is 17.9 Å². The normalized spacial score (nSPS) is 18.9. The topological polar surface area (TPSA) is 78.5 Å². The Kier molecular flexibility index (Phi) is 5.58. The Bertz CT molecular complexity index is 952. The molecule has 3 rings (SSSR count). The van der Waals surface area contributed by atoms with Gasteiger partial charge in [0.2, 0.25) is 5.91 Å². The predicted octanol–water partition coefficient (Wildman–Crippen LogP) is 3.93. The molecule has 0 aromatic heterocycles. The van der Waals surface area contributed by atoms with Crippen LogP contribution in [0.1, 0.15) is 18.9 Å². The van der Waals surface area contributed by atoms with Gasteiger partial charge in [-0.05, 0) is 42.3 Å². The Balaban J connectivity index is 1.80. The second-order valence-electron chi connectivity index (χ2n) is 6.26. The highest BCUT2D eigenvalue weighted by atomic mass is 35.5. The number of benzene rings is 2. The number of halogens is 3. The molecule has 1 atom stereocenters. The maximum atomic E-state index is 13.8. The molecule has 146 valence electrons. The van der Waals surface area contributed by atoms with Gasteiger partial charge in [-0.2, -0.15) is 0 Å². The van der Waals surface area contributed by atoms with Crippen molar-refractivity contribution in [3.05, 3.63) is 63.9 Å². The SMILES string of the molecule is CCC1(c2ccc(Cl)cc2)NC(=O)N(CC(=O)Nc2cc(Cl)ccc2F)C1=O. The van der Waals surface area contributed by atoms with Crippen LogP contribution >= 0.6 is 23.2 Å². The standard InChI is InChI=1S/C19H16Cl2FN3O3/c1-2-19(11-3-5-12(20)6-4-11)17(27)25(18(28)24-19)10-16(26)23-15-9-13(21)7-8-14(15)22/h3-9H,2,10H2,1H3,(H,23,26)(H,24,28). The van der Waals surface area contributed by atoms with Crippen molar-refractivity contribution < 1.29 is 18.8 Å². The molecule has 0 aliphatic carbocycles. The van der Waals surface area contributed by atoms with Crippen molar-refractivity contribution in [1.82, 2.24) is 10.2 Å². The van der Waals surface area contributed by atoms with Gasteiger partial charge in [-0.3, -0.25) is 14.5 Å². The Labute approximate surface area is 170 Å². The molecular formula is C19H16Cl2FN3O3. The van der Waals surface area contributed by atoms with Crippen molar-refractivity contribution in [2.24, 2.45) is 0 Å². The Morgan fingerprint density at radius 1 is 1.14 bits per heavy atom. The maximum absolute atomic E-state index is 13.8. The van der Waals surface area contributed by atoms with Gasteiger partial charge >= 0.3 is 6.03 Å². The van der Waals surface area contributed by atoms with Crippen LogP contribution in [0.5, 0.6) is 0 Å². The van der Waals surface area contributed by atoms with Gasteiger partial charge in [-0.15, -0.1) is 0 Å². The molecule has 1 saturated heterocycles. The van der Waals surface area contributed by atoms with Gasteiger partial charge in [0.05, 0.1) is 5.69 Å². The molecule has 4 amide bonds. The molecule has 1 aliphatic heterocycles. The number of hydrogen-bond acceptors (Lipinski definition) is 3. The molecule has 1 aliphatic rings. The van der Waals surface area contributed by atoms with Gasteiger partial charge < -0.3 is 10.6 Å². The summed E-state index contributed by atoms with van der Waals surface area (Å²) in [5.41, 5.74) is -0.867. The Morgan fingerprint density at radius 2 is 1.79 bits per heavy atom. The second kappa shape index (κ2) is 7.77. The molecule has 6 nitrogen and oxygen atoms in total. The van der Waals surface area contributed by atoms with Crippen LogP contribution in [0.25, 0.3) is 0 Å². The smallest absolute Gasteiger partial charge is 0.322 e. The van der Waals surface area contributed by atoms with Crippen LogP contribution in [0.3, 0.4) is 0 Å². The first-order valence-electron chi connectivity index (χ1n) is 8.42. The van der Waals surface area contributed by atoms with Gasteiger partial charge in [-0.1, -0.05) is 42.3 Å². The summed E-state index contributed by atoms with van der Waals surface area (Å²) >= 11 is 11.7. The number of imide groups is 1. The summed E-state index contributed by atoms with van der Waals surface area (Å²) in [7, 11) is 0. The largest absolute Gasteiger partial charge is 0.325 e. The summed E-state index contributed by atoms with van der Waals surface area (Å²) in [4.78, 5) is 38.5. The minimum atomic E-state index is -1.29. The van der Waals surface area contributed by atoms with Gasteiger partial charge in [0.15, 0.2) is 0 Å². The summed E-state index contributed by atoms with van der Waals surface area (Å²) in [5, 5.41) is 5.71. The van der Waals surface area contributed by atoms with E-state index >= 15 is 0 Å². The van der Waals surface area contributed by atoms with Crippen molar-refractivity contribution >= 4 is 46.7 Å². The van der Waals surface area contributed by atoms with Crippen LogP contribution in [0.15, 0.2) is 42.5 Å². The zero-order valence-corrected chi connectivity index (χ0v) is 16.3. The molecule has 0 bridgehead atoms. The van der Waals surface area contributed by atoms with E-state index < -0.39 is 35.7 Å². The molecule has 2 aromatic rings. The maximum Gasteiger partial charge on any atom is 0.325 e. The summed E-state index contributed by atoms with van der Waals surface area (Å²) in [6, 6.07) is 9.51. The number of urea groups is 1. The predicted molar refractivity (Wildman–Crippen MR) is 104 cm³/mol. The van der Waals surface area contributed by atoms with E-state index in [1.165, 1.54) is 12.1 Å². The van der Waals surface area contributed by atoms with E-state index in [1.54, 1.807) is 31.2 Å². The van der Waals surface area contributed by atoms with Crippen molar-refractivity contribution in [1.29, 1.82) is 0 Å². The lowest BCUT2D eigenvalue weighted by Crippen LogP contribution is -2.44. The first-order valence-corrected chi connectivity index (χ1v) is 9.17. The van der Waals surface area contributed by atoms with E-state index in [0.717, 1.165) is 11.0 Å². The van der Waals surface area contributed by atoms with Crippen LogP contribution in [-0.4, -0.2) is 29.3 Å². The van der Waals surface area contributed by atoms with Crippen molar-refractivity contribution in [2.75, 3.05) is 11.9 Å². The summed E-state index contributed by atoms with van der Waals surface area (Å²) in [6.07, 6.45) is 0.278. The first-order chi connectivity index (χ1) is 13.3. The number of hydrogen-bond donors (Lipinski definition) is 2. The van der Waals surface area contributed by atoms with E-state index in [4.69, 9.17) is 23.2 Å². The summed E-state index contributed by atoms with van der Waals surface area (Å²) < 4.78 is 13.8. The lowest BCUT2D eigenvalue weighted by atomic mass is 9.87. The molecular weight excluding hydrogens is 408 g/mol. The van der Waals surface area contributed by atoms with Gasteiger partial charge in [0, 0.05) is 10.0 Å². The number of carbonyl (C=O) groups is 3. The highest BCUT2D eigenvalue weighted by Gasteiger charge is 2.51. The monoisotopic (exact) mass is 423 g/mol. The Hall–Kier alpha value is -2.64. The third-order valence-corrected chi connectivity index (χ3v) is 5.03. The molecule has 0 radical (unpaired) electrons. The molecule has 2 aromatic carbocycles. The number of nitrogens with one attached hydrogen (secondary N) is 2. The fourth-order valence-corrected chi connectivity index (χ4v) is 3.37. The molecule has 1 fully saturated rings. The van der Waals surface area contributed by atoms with Crippen LogP contribution in [0.4, 0.5) is 14.9 Å². The highest BCUT2D eigenvalue weighted by Crippen LogP contribution is 2.33. The minimum Gasteiger partial charge on any atom is -0.322 e. The molecule has 1 heterocycles. The van der Waals surface area contributed by atoms with Crippen LogP contribution < -0.4 is 10.6 Å². The quantitative estimate of drug-likeness (QED) is 0.715.